The summed E-state index contributed by atoms with van der Waals surface area (Å²) in [6.07, 6.45) is 0.853. The van der Waals surface area contributed by atoms with Gasteiger partial charge in [0.15, 0.2) is 0 Å². The van der Waals surface area contributed by atoms with Crippen LogP contribution in [0.25, 0.3) is 0 Å². The molecular formula is C12H19ClN2O. The zero-order chi connectivity index (χ0) is 12.1. The predicted molar refractivity (Wildman–Crippen MR) is 68.2 cm³/mol. The third kappa shape index (κ3) is 3.11. The number of nitrogens with two attached hydrogens (primary N) is 1. The van der Waals surface area contributed by atoms with Gasteiger partial charge in [0.2, 0.25) is 0 Å². The molecule has 3 nitrogen and oxygen atoms in total. The van der Waals surface area contributed by atoms with Gasteiger partial charge in [0.05, 0.1) is 7.11 Å². The highest BCUT2D eigenvalue weighted by atomic mass is 35.5. The van der Waals surface area contributed by atoms with E-state index in [4.69, 9.17) is 22.1 Å². The second kappa shape index (κ2) is 6.09. The van der Waals surface area contributed by atoms with Crippen LogP contribution in [0.3, 0.4) is 0 Å². The van der Waals surface area contributed by atoms with E-state index in [1.165, 1.54) is 0 Å². The zero-order valence-corrected chi connectivity index (χ0v) is 10.8. The molecule has 0 fully saturated rings. The lowest BCUT2D eigenvalue weighted by Crippen LogP contribution is -2.18. The van der Waals surface area contributed by atoms with Gasteiger partial charge in [0, 0.05) is 16.6 Å². The van der Waals surface area contributed by atoms with Gasteiger partial charge in [0.25, 0.3) is 0 Å². The molecule has 0 radical (unpaired) electrons. The van der Waals surface area contributed by atoms with Crippen LogP contribution < -0.4 is 15.8 Å². The average Bonchev–Trinajstić information content (AvgIpc) is 2.28. The molecule has 1 rings (SSSR count). The third-order valence-corrected chi connectivity index (χ3v) is 3.02. The molecule has 16 heavy (non-hydrogen) atoms. The minimum Gasteiger partial charge on any atom is -0.496 e. The molecule has 0 aromatic heterocycles. The van der Waals surface area contributed by atoms with Crippen molar-refractivity contribution in [2.75, 3.05) is 20.7 Å². The number of halogens is 1. The highest BCUT2D eigenvalue weighted by Gasteiger charge is 2.13. The van der Waals surface area contributed by atoms with Crippen LogP contribution in [-0.2, 0) is 0 Å². The van der Waals surface area contributed by atoms with Crippen molar-refractivity contribution >= 4 is 11.6 Å². The fourth-order valence-corrected chi connectivity index (χ4v) is 1.76. The minimum atomic E-state index is -0.0551. The molecule has 0 amide bonds. The molecule has 0 aliphatic heterocycles. The quantitative estimate of drug-likeness (QED) is 0.833. The topological polar surface area (TPSA) is 47.3 Å². The van der Waals surface area contributed by atoms with Gasteiger partial charge in [-0.1, -0.05) is 11.6 Å². The summed E-state index contributed by atoms with van der Waals surface area (Å²) in [5.74, 6) is 0.811. The summed E-state index contributed by atoms with van der Waals surface area (Å²) >= 11 is 6.09. The first kappa shape index (κ1) is 13.3. The number of nitrogens with one attached hydrogen (secondary N) is 1. The van der Waals surface area contributed by atoms with Crippen LogP contribution >= 0.6 is 11.6 Å². The van der Waals surface area contributed by atoms with E-state index in [2.05, 4.69) is 5.32 Å². The molecule has 0 saturated carbocycles. The fourth-order valence-electron chi connectivity index (χ4n) is 1.59. The Morgan fingerprint density at radius 3 is 2.75 bits per heavy atom. The Hall–Kier alpha value is -0.770. The van der Waals surface area contributed by atoms with Crippen molar-refractivity contribution in [2.45, 2.75) is 19.4 Å². The molecule has 0 aliphatic carbocycles. The van der Waals surface area contributed by atoms with Crippen molar-refractivity contribution in [3.63, 3.8) is 0 Å². The van der Waals surface area contributed by atoms with E-state index < -0.39 is 0 Å². The Bertz CT molecular complexity index is 355. The maximum Gasteiger partial charge on any atom is 0.123 e. The molecule has 0 spiro atoms. The second-order valence-electron chi connectivity index (χ2n) is 3.84. The van der Waals surface area contributed by atoms with E-state index >= 15 is 0 Å². The van der Waals surface area contributed by atoms with Crippen LogP contribution in [0, 0.1) is 6.92 Å². The normalized spacial score (nSPS) is 12.6. The van der Waals surface area contributed by atoms with Crippen LogP contribution in [0.1, 0.15) is 23.6 Å². The number of aryl methyl sites for hydroxylation is 1. The minimum absolute atomic E-state index is 0.0551. The molecular weight excluding hydrogens is 224 g/mol. The number of benzene rings is 1. The molecule has 3 N–H and O–H groups in total. The number of ether oxygens (including phenoxy) is 1. The lowest BCUT2D eigenvalue weighted by atomic mass is 10.0. The van der Waals surface area contributed by atoms with Gasteiger partial charge in [-0.3, -0.25) is 0 Å². The molecule has 4 heteroatoms. The van der Waals surface area contributed by atoms with Crippen LogP contribution in [0.4, 0.5) is 0 Å². The highest BCUT2D eigenvalue weighted by molar-refractivity contribution is 6.31. The van der Waals surface area contributed by atoms with E-state index in [-0.39, 0.29) is 6.04 Å². The van der Waals surface area contributed by atoms with E-state index in [9.17, 15) is 0 Å². The molecule has 0 bridgehead atoms. The summed E-state index contributed by atoms with van der Waals surface area (Å²) in [5.41, 5.74) is 8.07. The van der Waals surface area contributed by atoms with E-state index in [1.807, 2.05) is 26.1 Å². The predicted octanol–water partition coefficient (Wildman–Crippen LogP) is 2.27. The standard InChI is InChI=1S/C12H19ClN2O/c1-8-6-12(16-3)9(7-10(8)13)11(14)4-5-15-2/h6-7,11,15H,4-5,14H2,1-3H3. The van der Waals surface area contributed by atoms with Crippen molar-refractivity contribution in [1.82, 2.24) is 5.32 Å². The Labute approximate surface area is 102 Å². The first-order chi connectivity index (χ1) is 7.60. The van der Waals surface area contributed by atoms with Gasteiger partial charge in [-0.25, -0.2) is 0 Å². The maximum atomic E-state index is 6.10. The summed E-state index contributed by atoms with van der Waals surface area (Å²) in [7, 11) is 3.56. The van der Waals surface area contributed by atoms with Crippen LogP contribution in [0.5, 0.6) is 5.75 Å². The first-order valence-corrected chi connectivity index (χ1v) is 5.72. The molecule has 1 aromatic rings. The smallest absolute Gasteiger partial charge is 0.123 e. The van der Waals surface area contributed by atoms with Gasteiger partial charge in [-0.05, 0) is 44.6 Å². The van der Waals surface area contributed by atoms with Crippen molar-refractivity contribution < 1.29 is 4.74 Å². The van der Waals surface area contributed by atoms with Gasteiger partial charge in [-0.2, -0.15) is 0 Å². The molecule has 1 unspecified atom stereocenters. The molecule has 0 aliphatic rings. The Balaban J connectivity index is 2.96. The number of rotatable bonds is 5. The Morgan fingerprint density at radius 2 is 2.19 bits per heavy atom. The highest BCUT2D eigenvalue weighted by Crippen LogP contribution is 2.31. The van der Waals surface area contributed by atoms with E-state index in [0.29, 0.717) is 0 Å². The van der Waals surface area contributed by atoms with E-state index in [0.717, 1.165) is 34.9 Å². The summed E-state index contributed by atoms with van der Waals surface area (Å²) in [6.45, 7) is 2.82. The molecule has 1 aromatic carbocycles. The van der Waals surface area contributed by atoms with Crippen molar-refractivity contribution in [2.24, 2.45) is 5.73 Å². The van der Waals surface area contributed by atoms with Crippen molar-refractivity contribution in [1.29, 1.82) is 0 Å². The molecule has 1 atom stereocenters. The molecule has 90 valence electrons. The number of hydrogen-bond donors (Lipinski definition) is 2. The lowest BCUT2D eigenvalue weighted by Gasteiger charge is -2.17. The summed E-state index contributed by atoms with van der Waals surface area (Å²) in [4.78, 5) is 0. The number of hydrogen-bond acceptors (Lipinski definition) is 3. The third-order valence-electron chi connectivity index (χ3n) is 2.62. The van der Waals surface area contributed by atoms with Crippen LogP contribution in [0.2, 0.25) is 5.02 Å². The lowest BCUT2D eigenvalue weighted by molar-refractivity contribution is 0.403. The Morgan fingerprint density at radius 1 is 1.50 bits per heavy atom. The number of methoxy groups -OCH3 is 1. The summed E-state index contributed by atoms with van der Waals surface area (Å²) in [6, 6.07) is 3.77. The fraction of sp³-hybridized carbons (Fsp3) is 0.500. The van der Waals surface area contributed by atoms with Gasteiger partial charge in [-0.15, -0.1) is 0 Å². The maximum absolute atomic E-state index is 6.10. The van der Waals surface area contributed by atoms with E-state index in [1.54, 1.807) is 7.11 Å². The van der Waals surface area contributed by atoms with Gasteiger partial charge >= 0.3 is 0 Å². The molecule has 0 heterocycles. The SMILES string of the molecule is CNCCC(N)c1cc(Cl)c(C)cc1OC. The largest absolute Gasteiger partial charge is 0.496 e. The van der Waals surface area contributed by atoms with Crippen molar-refractivity contribution in [3.8, 4) is 5.75 Å². The van der Waals surface area contributed by atoms with Crippen LogP contribution in [0.15, 0.2) is 12.1 Å². The average molecular weight is 243 g/mol. The van der Waals surface area contributed by atoms with Gasteiger partial charge < -0.3 is 15.8 Å². The monoisotopic (exact) mass is 242 g/mol. The first-order valence-electron chi connectivity index (χ1n) is 5.34. The second-order valence-corrected chi connectivity index (χ2v) is 4.25. The zero-order valence-electron chi connectivity index (χ0n) is 10.0. The van der Waals surface area contributed by atoms with Crippen LogP contribution in [-0.4, -0.2) is 20.7 Å². The summed E-state index contributed by atoms with van der Waals surface area (Å²) in [5, 5.41) is 3.81. The van der Waals surface area contributed by atoms with Gasteiger partial charge in [0.1, 0.15) is 5.75 Å². The summed E-state index contributed by atoms with van der Waals surface area (Å²) < 4.78 is 5.32. The molecule has 0 saturated heterocycles. The van der Waals surface area contributed by atoms with Crippen molar-refractivity contribution in [3.05, 3.63) is 28.3 Å². The Kier molecular flexibility index (Phi) is 5.06.